The van der Waals surface area contributed by atoms with Crippen LogP contribution in [0.15, 0.2) is 47.6 Å². The maximum Gasteiger partial charge on any atom is 0.191 e. The van der Waals surface area contributed by atoms with Crippen LogP contribution in [0.4, 0.5) is 0 Å². The van der Waals surface area contributed by atoms with E-state index >= 15 is 0 Å². The van der Waals surface area contributed by atoms with Gasteiger partial charge in [-0.15, -0.1) is 0 Å². The normalized spacial score (nSPS) is 16.1. The smallest absolute Gasteiger partial charge is 0.191 e. The molecular formula is C22H35N7. The molecule has 0 bridgehead atoms. The van der Waals surface area contributed by atoms with Crippen LogP contribution in [0.3, 0.4) is 0 Å². The molecule has 0 unspecified atom stereocenters. The van der Waals surface area contributed by atoms with Crippen LogP contribution in [-0.4, -0.2) is 71.4 Å². The summed E-state index contributed by atoms with van der Waals surface area (Å²) >= 11 is 0. The zero-order valence-corrected chi connectivity index (χ0v) is 17.8. The third-order valence-corrected chi connectivity index (χ3v) is 5.32. The van der Waals surface area contributed by atoms with Crippen LogP contribution >= 0.6 is 0 Å². The molecule has 29 heavy (non-hydrogen) atoms. The Morgan fingerprint density at radius 3 is 2.48 bits per heavy atom. The van der Waals surface area contributed by atoms with Crippen LogP contribution in [0.5, 0.6) is 0 Å². The second kappa shape index (κ2) is 11.6. The van der Waals surface area contributed by atoms with Crippen LogP contribution < -0.4 is 10.6 Å². The Bertz CT molecular complexity index is 733. The van der Waals surface area contributed by atoms with E-state index in [9.17, 15) is 0 Å². The second-order valence-corrected chi connectivity index (χ2v) is 7.53. The Labute approximate surface area is 174 Å². The molecule has 3 rings (SSSR count). The summed E-state index contributed by atoms with van der Waals surface area (Å²) in [5.41, 5.74) is 2.52. The van der Waals surface area contributed by atoms with Crippen LogP contribution in [0.1, 0.15) is 24.6 Å². The summed E-state index contributed by atoms with van der Waals surface area (Å²) in [5, 5.41) is 11.0. The molecule has 0 saturated carbocycles. The Balaban J connectivity index is 1.32. The fourth-order valence-corrected chi connectivity index (χ4v) is 3.58. The van der Waals surface area contributed by atoms with E-state index in [2.05, 4.69) is 67.8 Å². The van der Waals surface area contributed by atoms with E-state index in [0.29, 0.717) is 6.54 Å². The first-order valence-electron chi connectivity index (χ1n) is 10.7. The van der Waals surface area contributed by atoms with Crippen molar-refractivity contribution in [3.63, 3.8) is 0 Å². The number of hydrogen-bond donors (Lipinski definition) is 2. The molecule has 1 saturated heterocycles. The van der Waals surface area contributed by atoms with E-state index in [4.69, 9.17) is 0 Å². The largest absolute Gasteiger partial charge is 0.357 e. The molecule has 0 amide bonds. The number of guanidine groups is 1. The van der Waals surface area contributed by atoms with Gasteiger partial charge in [-0.05, 0) is 31.5 Å². The van der Waals surface area contributed by atoms with Crippen LogP contribution in [-0.2, 0) is 20.1 Å². The van der Waals surface area contributed by atoms with Crippen molar-refractivity contribution in [2.75, 3.05) is 45.8 Å². The molecule has 158 valence electrons. The lowest BCUT2D eigenvalue weighted by molar-refractivity contribution is 0.126. The van der Waals surface area contributed by atoms with Crippen molar-refractivity contribution >= 4 is 5.96 Å². The number of benzene rings is 1. The minimum Gasteiger partial charge on any atom is -0.357 e. The lowest BCUT2D eigenvalue weighted by Crippen LogP contribution is -2.46. The van der Waals surface area contributed by atoms with Gasteiger partial charge in [-0.3, -0.25) is 9.58 Å². The van der Waals surface area contributed by atoms with Crippen molar-refractivity contribution in [3.8, 4) is 0 Å². The summed E-state index contributed by atoms with van der Waals surface area (Å²) in [6, 6.07) is 12.8. The maximum atomic E-state index is 4.66. The highest BCUT2D eigenvalue weighted by Crippen LogP contribution is 2.08. The molecule has 0 radical (unpaired) electrons. The first-order chi connectivity index (χ1) is 14.2. The molecule has 1 aromatic heterocycles. The number of rotatable bonds is 9. The highest BCUT2D eigenvalue weighted by molar-refractivity contribution is 5.79. The summed E-state index contributed by atoms with van der Waals surface area (Å²) in [6.45, 7) is 11.3. The maximum absolute atomic E-state index is 4.66. The molecule has 0 atom stereocenters. The van der Waals surface area contributed by atoms with Crippen LogP contribution in [0.2, 0.25) is 0 Å². The van der Waals surface area contributed by atoms with Gasteiger partial charge in [0.1, 0.15) is 0 Å². The Morgan fingerprint density at radius 2 is 1.79 bits per heavy atom. The lowest BCUT2D eigenvalue weighted by Gasteiger charge is -2.34. The second-order valence-electron chi connectivity index (χ2n) is 7.53. The molecule has 0 aliphatic carbocycles. The molecular weight excluding hydrogens is 362 g/mol. The van der Waals surface area contributed by atoms with E-state index in [1.54, 1.807) is 0 Å². The number of nitrogens with one attached hydrogen (secondary N) is 2. The van der Waals surface area contributed by atoms with E-state index < -0.39 is 0 Å². The predicted molar refractivity (Wildman–Crippen MR) is 119 cm³/mol. The Morgan fingerprint density at radius 1 is 1.03 bits per heavy atom. The van der Waals surface area contributed by atoms with E-state index in [0.717, 1.165) is 70.4 Å². The van der Waals surface area contributed by atoms with Crippen molar-refractivity contribution < 1.29 is 0 Å². The first-order valence-corrected chi connectivity index (χ1v) is 10.7. The summed E-state index contributed by atoms with van der Waals surface area (Å²) in [6.07, 6.45) is 2.93. The Hall–Kier alpha value is -2.38. The predicted octanol–water partition coefficient (Wildman–Crippen LogP) is 1.68. The minimum atomic E-state index is 0.634. The fraction of sp³-hybridized carbons (Fsp3) is 0.545. The van der Waals surface area contributed by atoms with Crippen LogP contribution in [0.25, 0.3) is 0 Å². The summed E-state index contributed by atoms with van der Waals surface area (Å²) < 4.78 is 1.87. The van der Waals surface area contributed by atoms with Gasteiger partial charge in [0.2, 0.25) is 0 Å². The monoisotopic (exact) mass is 397 g/mol. The lowest BCUT2D eigenvalue weighted by atomic mass is 10.2. The molecule has 0 spiro atoms. The highest BCUT2D eigenvalue weighted by Gasteiger charge is 2.16. The fourth-order valence-electron chi connectivity index (χ4n) is 3.58. The molecule has 1 aliphatic heterocycles. The number of hydrogen-bond acceptors (Lipinski definition) is 4. The van der Waals surface area contributed by atoms with Gasteiger partial charge in [-0.25, -0.2) is 4.99 Å². The van der Waals surface area contributed by atoms with Gasteiger partial charge >= 0.3 is 0 Å². The Kier molecular flexibility index (Phi) is 8.52. The molecule has 7 heteroatoms. The third kappa shape index (κ3) is 7.18. The molecule has 1 aliphatic rings. The van der Waals surface area contributed by atoms with Crippen molar-refractivity contribution in [1.29, 1.82) is 0 Å². The molecule has 1 fully saturated rings. The molecule has 1 aromatic carbocycles. The minimum absolute atomic E-state index is 0.634. The number of aliphatic imine (C=N–C) groups is 1. The number of aromatic nitrogens is 2. The molecule has 7 nitrogen and oxygen atoms in total. The first kappa shape index (κ1) is 21.3. The molecule has 2 N–H and O–H groups in total. The van der Waals surface area contributed by atoms with Gasteiger partial charge in [0, 0.05) is 59.1 Å². The van der Waals surface area contributed by atoms with Crippen LogP contribution in [0, 0.1) is 0 Å². The van der Waals surface area contributed by atoms with E-state index in [1.165, 1.54) is 5.56 Å². The van der Waals surface area contributed by atoms with Crippen molar-refractivity contribution in [2.45, 2.75) is 26.4 Å². The van der Waals surface area contributed by atoms with Crippen molar-refractivity contribution in [1.82, 2.24) is 30.2 Å². The van der Waals surface area contributed by atoms with Gasteiger partial charge in [0.05, 0.1) is 12.2 Å². The number of nitrogens with zero attached hydrogens (tertiary/aromatic N) is 5. The van der Waals surface area contributed by atoms with Gasteiger partial charge in [-0.1, -0.05) is 30.3 Å². The SMILES string of the molecule is CCNC(=NCc1ccnn1C)NCCCN1CCN(Cc2ccccc2)CC1. The molecule has 2 aromatic rings. The van der Waals surface area contributed by atoms with Crippen molar-refractivity contribution in [3.05, 3.63) is 53.9 Å². The van der Waals surface area contributed by atoms with E-state index in [1.807, 2.05) is 24.0 Å². The summed E-state index contributed by atoms with van der Waals surface area (Å²) in [5.74, 6) is 0.876. The van der Waals surface area contributed by atoms with Crippen molar-refractivity contribution in [2.24, 2.45) is 12.0 Å². The van der Waals surface area contributed by atoms with Gasteiger partial charge in [0.25, 0.3) is 0 Å². The topological polar surface area (TPSA) is 60.7 Å². The van der Waals surface area contributed by atoms with Gasteiger partial charge in [-0.2, -0.15) is 5.10 Å². The van der Waals surface area contributed by atoms with Gasteiger partial charge in [0.15, 0.2) is 5.96 Å². The zero-order valence-electron chi connectivity index (χ0n) is 17.8. The summed E-state index contributed by atoms with van der Waals surface area (Å²) in [4.78, 5) is 9.79. The standard InChI is InChI=1S/C22H35N7/c1-3-23-22(25-18-21-10-12-26-27(21)2)24-11-7-13-28-14-16-29(17-15-28)19-20-8-5-4-6-9-20/h4-6,8-10,12H,3,7,11,13-19H2,1-2H3,(H2,23,24,25). The number of piperazine rings is 1. The average molecular weight is 398 g/mol. The third-order valence-electron chi connectivity index (χ3n) is 5.32. The molecule has 2 heterocycles. The van der Waals surface area contributed by atoms with Gasteiger partial charge < -0.3 is 15.5 Å². The number of aryl methyl sites for hydroxylation is 1. The average Bonchev–Trinajstić information content (AvgIpc) is 3.16. The summed E-state index contributed by atoms with van der Waals surface area (Å²) in [7, 11) is 1.95. The quantitative estimate of drug-likeness (QED) is 0.383. The highest BCUT2D eigenvalue weighted by atomic mass is 15.3. The van der Waals surface area contributed by atoms with E-state index in [-0.39, 0.29) is 0 Å². The zero-order chi connectivity index (χ0) is 20.3.